The molecule has 3 N–H and O–H groups in total. The highest BCUT2D eigenvalue weighted by Crippen LogP contribution is 2.48. The molecule has 0 radical (unpaired) electrons. The lowest BCUT2D eigenvalue weighted by atomic mass is 10.1. The van der Waals surface area contributed by atoms with E-state index in [0.717, 1.165) is 6.42 Å². The van der Waals surface area contributed by atoms with Gasteiger partial charge in [0.1, 0.15) is 0 Å². The van der Waals surface area contributed by atoms with E-state index in [1.807, 2.05) is 18.2 Å². The highest BCUT2D eigenvalue weighted by molar-refractivity contribution is 6.31. The highest BCUT2D eigenvalue weighted by atomic mass is 35.5. The van der Waals surface area contributed by atoms with Gasteiger partial charge in [-0.05, 0) is 36.1 Å². The molecule has 0 bridgehead atoms. The van der Waals surface area contributed by atoms with E-state index in [2.05, 4.69) is 17.4 Å². The Bertz CT molecular complexity index is 642. The SMILES string of the molecule is Nc1ccc(Cl)cc1NC(=O)C1CC1c1ccccc1. The summed E-state index contributed by atoms with van der Waals surface area (Å²) < 4.78 is 0. The van der Waals surface area contributed by atoms with E-state index in [1.54, 1.807) is 18.2 Å². The molecule has 1 aliphatic carbocycles. The second-order valence-corrected chi connectivity index (χ2v) is 5.52. The van der Waals surface area contributed by atoms with Crippen LogP contribution < -0.4 is 11.1 Å². The van der Waals surface area contributed by atoms with E-state index in [-0.39, 0.29) is 11.8 Å². The summed E-state index contributed by atoms with van der Waals surface area (Å²) in [4.78, 5) is 12.2. The number of rotatable bonds is 3. The fraction of sp³-hybridized carbons (Fsp3) is 0.188. The van der Waals surface area contributed by atoms with E-state index in [4.69, 9.17) is 17.3 Å². The van der Waals surface area contributed by atoms with Crippen molar-refractivity contribution in [2.24, 2.45) is 5.92 Å². The first-order valence-electron chi connectivity index (χ1n) is 6.56. The van der Waals surface area contributed by atoms with Crippen LogP contribution in [0.2, 0.25) is 5.02 Å². The Morgan fingerprint density at radius 2 is 1.95 bits per heavy atom. The lowest BCUT2D eigenvalue weighted by Gasteiger charge is -2.08. The predicted octanol–water partition coefficient (Wildman–Crippen LogP) is 3.66. The van der Waals surface area contributed by atoms with Crippen molar-refractivity contribution < 1.29 is 4.79 Å². The molecule has 2 aromatic rings. The van der Waals surface area contributed by atoms with E-state index in [9.17, 15) is 4.79 Å². The number of hydrogen-bond donors (Lipinski definition) is 2. The van der Waals surface area contributed by atoms with Crippen LogP contribution >= 0.6 is 11.6 Å². The Labute approximate surface area is 122 Å². The first-order valence-corrected chi connectivity index (χ1v) is 6.94. The summed E-state index contributed by atoms with van der Waals surface area (Å²) in [5.74, 6) is 0.347. The van der Waals surface area contributed by atoms with Crippen molar-refractivity contribution in [3.8, 4) is 0 Å². The maximum atomic E-state index is 12.2. The zero-order valence-corrected chi connectivity index (χ0v) is 11.6. The third-order valence-electron chi connectivity index (χ3n) is 3.63. The van der Waals surface area contributed by atoms with Crippen LogP contribution in [0.4, 0.5) is 11.4 Å². The number of anilines is 2. The molecule has 0 saturated heterocycles. The molecule has 2 aromatic carbocycles. The zero-order valence-electron chi connectivity index (χ0n) is 10.8. The smallest absolute Gasteiger partial charge is 0.228 e. The Balaban J connectivity index is 1.68. The summed E-state index contributed by atoms with van der Waals surface area (Å²) in [5.41, 5.74) is 8.16. The quantitative estimate of drug-likeness (QED) is 0.846. The maximum Gasteiger partial charge on any atom is 0.228 e. The van der Waals surface area contributed by atoms with Gasteiger partial charge < -0.3 is 11.1 Å². The fourth-order valence-electron chi connectivity index (χ4n) is 2.42. The van der Waals surface area contributed by atoms with E-state index < -0.39 is 0 Å². The molecule has 2 unspecified atom stereocenters. The van der Waals surface area contributed by atoms with Crippen LogP contribution in [0.5, 0.6) is 0 Å². The minimum absolute atomic E-state index is 0.00724. The Morgan fingerprint density at radius 3 is 2.70 bits per heavy atom. The van der Waals surface area contributed by atoms with E-state index in [1.165, 1.54) is 5.56 Å². The Hall–Kier alpha value is -2.00. The number of carbonyl (C=O) groups excluding carboxylic acids is 1. The molecule has 0 spiro atoms. The first kappa shape index (κ1) is 13.0. The monoisotopic (exact) mass is 286 g/mol. The van der Waals surface area contributed by atoms with Crippen molar-refractivity contribution in [2.75, 3.05) is 11.1 Å². The average molecular weight is 287 g/mol. The summed E-state index contributed by atoms with van der Waals surface area (Å²) in [6.45, 7) is 0. The second kappa shape index (κ2) is 5.17. The van der Waals surface area contributed by atoms with Gasteiger partial charge >= 0.3 is 0 Å². The number of nitrogens with two attached hydrogens (primary N) is 1. The lowest BCUT2D eigenvalue weighted by molar-refractivity contribution is -0.117. The van der Waals surface area contributed by atoms with Crippen molar-refractivity contribution in [3.05, 3.63) is 59.1 Å². The van der Waals surface area contributed by atoms with Crippen LogP contribution in [0.15, 0.2) is 48.5 Å². The zero-order chi connectivity index (χ0) is 14.1. The standard InChI is InChI=1S/C16H15ClN2O/c17-11-6-7-14(18)15(8-11)19-16(20)13-9-12(13)10-4-2-1-3-5-10/h1-8,12-13H,9,18H2,(H,19,20). The number of benzene rings is 2. The first-order chi connectivity index (χ1) is 9.65. The van der Waals surface area contributed by atoms with Crippen LogP contribution in [0.1, 0.15) is 17.9 Å². The summed E-state index contributed by atoms with van der Waals surface area (Å²) in [5, 5.41) is 3.42. The van der Waals surface area contributed by atoms with E-state index in [0.29, 0.717) is 22.3 Å². The number of halogens is 1. The number of amides is 1. The number of carbonyl (C=O) groups is 1. The van der Waals surface area contributed by atoms with Gasteiger partial charge in [0.05, 0.1) is 11.4 Å². The summed E-state index contributed by atoms with van der Waals surface area (Å²) in [6.07, 6.45) is 0.885. The normalized spacial score (nSPS) is 20.4. The molecule has 1 fully saturated rings. The minimum atomic E-state index is 0.00724. The third-order valence-corrected chi connectivity index (χ3v) is 3.86. The minimum Gasteiger partial charge on any atom is -0.397 e. The molecule has 0 aromatic heterocycles. The molecule has 0 heterocycles. The van der Waals surface area contributed by atoms with Gasteiger partial charge in [-0.3, -0.25) is 4.79 Å². The molecular formula is C16H15ClN2O. The average Bonchev–Trinajstić information content (AvgIpc) is 3.24. The predicted molar refractivity (Wildman–Crippen MR) is 81.8 cm³/mol. The molecular weight excluding hydrogens is 272 g/mol. The van der Waals surface area contributed by atoms with Crippen molar-refractivity contribution in [3.63, 3.8) is 0 Å². The van der Waals surface area contributed by atoms with Crippen LogP contribution in [0, 0.1) is 5.92 Å². The molecule has 4 heteroatoms. The van der Waals surface area contributed by atoms with Gasteiger partial charge in [0.15, 0.2) is 0 Å². The van der Waals surface area contributed by atoms with Gasteiger partial charge in [0, 0.05) is 10.9 Å². The van der Waals surface area contributed by atoms with Crippen LogP contribution in [-0.4, -0.2) is 5.91 Å². The van der Waals surface area contributed by atoms with Crippen molar-refractivity contribution in [1.82, 2.24) is 0 Å². The van der Waals surface area contributed by atoms with Crippen molar-refractivity contribution in [1.29, 1.82) is 0 Å². The lowest BCUT2D eigenvalue weighted by Crippen LogP contribution is -2.15. The molecule has 3 nitrogen and oxygen atoms in total. The van der Waals surface area contributed by atoms with Crippen molar-refractivity contribution >= 4 is 28.9 Å². The summed E-state index contributed by atoms with van der Waals surface area (Å²) in [7, 11) is 0. The molecule has 3 rings (SSSR count). The molecule has 1 amide bonds. The molecule has 1 aliphatic rings. The largest absolute Gasteiger partial charge is 0.397 e. The van der Waals surface area contributed by atoms with Crippen molar-refractivity contribution in [2.45, 2.75) is 12.3 Å². The molecule has 2 atom stereocenters. The second-order valence-electron chi connectivity index (χ2n) is 5.08. The molecule has 102 valence electrons. The number of hydrogen-bond acceptors (Lipinski definition) is 2. The van der Waals surface area contributed by atoms with Crippen LogP contribution in [0.3, 0.4) is 0 Å². The Kier molecular flexibility index (Phi) is 3.36. The fourth-order valence-corrected chi connectivity index (χ4v) is 2.59. The van der Waals surface area contributed by atoms with Gasteiger partial charge in [-0.2, -0.15) is 0 Å². The molecule has 20 heavy (non-hydrogen) atoms. The summed E-state index contributed by atoms with van der Waals surface area (Å²) >= 11 is 5.91. The molecule has 1 saturated carbocycles. The van der Waals surface area contributed by atoms with Gasteiger partial charge in [0.25, 0.3) is 0 Å². The van der Waals surface area contributed by atoms with Crippen LogP contribution in [-0.2, 0) is 4.79 Å². The highest BCUT2D eigenvalue weighted by Gasteiger charge is 2.43. The van der Waals surface area contributed by atoms with Crippen LogP contribution in [0.25, 0.3) is 0 Å². The van der Waals surface area contributed by atoms with Gasteiger partial charge in [0.2, 0.25) is 5.91 Å². The molecule has 0 aliphatic heterocycles. The van der Waals surface area contributed by atoms with E-state index >= 15 is 0 Å². The van der Waals surface area contributed by atoms with Gasteiger partial charge in [-0.1, -0.05) is 41.9 Å². The summed E-state index contributed by atoms with van der Waals surface area (Å²) in [6, 6.07) is 15.2. The topological polar surface area (TPSA) is 55.1 Å². The van der Waals surface area contributed by atoms with Gasteiger partial charge in [-0.25, -0.2) is 0 Å². The number of nitrogens with one attached hydrogen (secondary N) is 1. The maximum absolute atomic E-state index is 12.2. The van der Waals surface area contributed by atoms with Gasteiger partial charge in [-0.15, -0.1) is 0 Å². The Morgan fingerprint density at radius 1 is 1.20 bits per heavy atom. The number of nitrogen functional groups attached to an aromatic ring is 1. The third kappa shape index (κ3) is 2.63.